The van der Waals surface area contributed by atoms with Crippen molar-refractivity contribution in [1.29, 1.82) is 0 Å². The van der Waals surface area contributed by atoms with Gasteiger partial charge in [0.05, 0.1) is 11.1 Å². The summed E-state index contributed by atoms with van der Waals surface area (Å²) in [4.78, 5) is 35.3. The predicted molar refractivity (Wildman–Crippen MR) is 86.1 cm³/mol. The van der Waals surface area contributed by atoms with Crippen molar-refractivity contribution in [3.05, 3.63) is 46.6 Å². The van der Waals surface area contributed by atoms with E-state index in [1.165, 1.54) is 6.92 Å². The fourth-order valence-electron chi connectivity index (χ4n) is 2.51. The van der Waals surface area contributed by atoms with E-state index in [4.69, 9.17) is 4.74 Å². The zero-order chi connectivity index (χ0) is 18.0. The highest BCUT2D eigenvalue weighted by atomic mass is 16.5. The molecule has 0 saturated carbocycles. The summed E-state index contributed by atoms with van der Waals surface area (Å²) in [7, 11) is 0. The number of benzene rings is 1. The molecule has 2 rings (SSSR count). The summed E-state index contributed by atoms with van der Waals surface area (Å²) in [5.74, 6) is -2.63. The zero-order valence-electron chi connectivity index (χ0n) is 13.6. The highest BCUT2D eigenvalue weighted by Crippen LogP contribution is 2.40. The van der Waals surface area contributed by atoms with E-state index in [1.807, 2.05) is 13.8 Å². The number of ketones is 2. The van der Waals surface area contributed by atoms with Gasteiger partial charge in [-0.05, 0) is 32.1 Å². The normalized spacial score (nSPS) is 14.1. The lowest BCUT2D eigenvalue weighted by Gasteiger charge is -2.21. The number of ether oxygens (including phenoxy) is 1. The molecule has 0 bridgehead atoms. The topological polar surface area (TPSA) is 101 Å². The van der Waals surface area contributed by atoms with Gasteiger partial charge >= 0.3 is 5.97 Å². The Kier molecular flexibility index (Phi) is 4.87. The highest BCUT2D eigenvalue weighted by Gasteiger charge is 2.31. The Labute approximate surface area is 139 Å². The second kappa shape index (κ2) is 6.70. The molecule has 0 amide bonds. The van der Waals surface area contributed by atoms with E-state index in [9.17, 15) is 24.6 Å². The van der Waals surface area contributed by atoms with Gasteiger partial charge in [-0.25, -0.2) is 0 Å². The monoisotopic (exact) mass is 330 g/mol. The molecule has 0 aromatic heterocycles. The SMILES string of the molecule is CC(=O)O[C@H](CC=C(C)C)c1cc(O)c2c(c1O)C(=O)C=CC2=O. The number of allylic oxidation sites excluding steroid dienone is 3. The lowest BCUT2D eigenvalue weighted by Crippen LogP contribution is -2.15. The van der Waals surface area contributed by atoms with Crippen LogP contribution in [0.5, 0.6) is 11.5 Å². The summed E-state index contributed by atoms with van der Waals surface area (Å²) in [6.07, 6.45) is 3.24. The molecular formula is C18H18O6. The molecule has 1 aliphatic rings. The molecule has 6 nitrogen and oxygen atoms in total. The van der Waals surface area contributed by atoms with Gasteiger partial charge in [-0.2, -0.15) is 0 Å². The van der Waals surface area contributed by atoms with Crippen molar-refractivity contribution in [1.82, 2.24) is 0 Å². The van der Waals surface area contributed by atoms with E-state index in [2.05, 4.69) is 0 Å². The third-order valence-corrected chi connectivity index (χ3v) is 3.58. The Balaban J connectivity index is 2.61. The van der Waals surface area contributed by atoms with Crippen LogP contribution in [0.2, 0.25) is 0 Å². The van der Waals surface area contributed by atoms with Crippen molar-refractivity contribution in [3.8, 4) is 11.5 Å². The average Bonchev–Trinajstić information content (AvgIpc) is 2.49. The summed E-state index contributed by atoms with van der Waals surface area (Å²) in [5.41, 5.74) is 0.540. The van der Waals surface area contributed by atoms with Crippen molar-refractivity contribution >= 4 is 17.5 Å². The van der Waals surface area contributed by atoms with Gasteiger partial charge < -0.3 is 14.9 Å². The van der Waals surface area contributed by atoms with Crippen LogP contribution >= 0.6 is 0 Å². The molecule has 6 heteroatoms. The lowest BCUT2D eigenvalue weighted by atomic mass is 9.89. The third kappa shape index (κ3) is 3.37. The largest absolute Gasteiger partial charge is 0.507 e. The Morgan fingerprint density at radius 2 is 1.71 bits per heavy atom. The fourth-order valence-corrected chi connectivity index (χ4v) is 2.51. The molecule has 126 valence electrons. The van der Waals surface area contributed by atoms with Crippen molar-refractivity contribution in [2.45, 2.75) is 33.3 Å². The van der Waals surface area contributed by atoms with Gasteiger partial charge in [0.2, 0.25) is 0 Å². The number of rotatable bonds is 4. The van der Waals surface area contributed by atoms with Crippen molar-refractivity contribution in [3.63, 3.8) is 0 Å². The van der Waals surface area contributed by atoms with E-state index in [-0.39, 0.29) is 23.1 Å². The van der Waals surface area contributed by atoms with E-state index < -0.39 is 35.1 Å². The Bertz CT molecular complexity index is 781. The summed E-state index contributed by atoms with van der Waals surface area (Å²) in [6, 6.07) is 1.16. The van der Waals surface area contributed by atoms with Gasteiger partial charge in [-0.3, -0.25) is 14.4 Å². The number of carbonyl (C=O) groups excluding carboxylic acids is 3. The van der Waals surface area contributed by atoms with Gasteiger partial charge in [-0.15, -0.1) is 0 Å². The first-order valence-corrected chi connectivity index (χ1v) is 7.38. The summed E-state index contributed by atoms with van der Waals surface area (Å²) < 4.78 is 5.21. The second-order valence-corrected chi connectivity index (χ2v) is 5.76. The molecule has 0 aliphatic heterocycles. The van der Waals surface area contributed by atoms with Crippen LogP contribution in [0.4, 0.5) is 0 Å². The molecule has 0 spiro atoms. The van der Waals surface area contributed by atoms with Crippen LogP contribution in [0.25, 0.3) is 0 Å². The Morgan fingerprint density at radius 3 is 2.25 bits per heavy atom. The maximum absolute atomic E-state index is 12.0. The summed E-state index contributed by atoms with van der Waals surface area (Å²) in [5, 5.41) is 20.6. The van der Waals surface area contributed by atoms with Gasteiger partial charge in [0.15, 0.2) is 11.6 Å². The van der Waals surface area contributed by atoms with Crippen molar-refractivity contribution in [2.24, 2.45) is 0 Å². The van der Waals surface area contributed by atoms with E-state index in [0.29, 0.717) is 0 Å². The molecule has 0 unspecified atom stereocenters. The van der Waals surface area contributed by atoms with Crippen molar-refractivity contribution < 1.29 is 29.3 Å². The van der Waals surface area contributed by atoms with Gasteiger partial charge in [0.25, 0.3) is 0 Å². The van der Waals surface area contributed by atoms with Crippen LogP contribution in [0.15, 0.2) is 29.9 Å². The molecule has 1 atom stereocenters. The second-order valence-electron chi connectivity index (χ2n) is 5.76. The quantitative estimate of drug-likeness (QED) is 0.500. The summed E-state index contributed by atoms with van der Waals surface area (Å²) in [6.45, 7) is 4.95. The van der Waals surface area contributed by atoms with E-state index in [0.717, 1.165) is 23.8 Å². The smallest absolute Gasteiger partial charge is 0.303 e. The molecule has 2 N–H and O–H groups in total. The van der Waals surface area contributed by atoms with Gasteiger partial charge in [-0.1, -0.05) is 11.6 Å². The number of phenols is 2. The minimum atomic E-state index is -0.887. The molecule has 1 aromatic rings. The molecule has 0 radical (unpaired) electrons. The first-order chi connectivity index (χ1) is 11.2. The maximum Gasteiger partial charge on any atom is 0.303 e. The number of esters is 1. The minimum Gasteiger partial charge on any atom is -0.507 e. The maximum atomic E-state index is 12.0. The average molecular weight is 330 g/mol. The van der Waals surface area contributed by atoms with Crippen LogP contribution in [-0.4, -0.2) is 27.7 Å². The van der Waals surface area contributed by atoms with Crippen molar-refractivity contribution in [2.75, 3.05) is 0 Å². The summed E-state index contributed by atoms with van der Waals surface area (Å²) >= 11 is 0. The number of hydrogen-bond acceptors (Lipinski definition) is 6. The standard InChI is InChI=1S/C18H18O6/c1-9(2)4-7-15(24-10(3)19)11-8-14(22)16-12(20)5-6-13(21)17(16)18(11)23/h4-6,8,15,22-23H,7H2,1-3H3/t15-/m1/s1. The van der Waals surface area contributed by atoms with Crippen LogP contribution in [0.3, 0.4) is 0 Å². The highest BCUT2D eigenvalue weighted by molar-refractivity contribution is 6.24. The lowest BCUT2D eigenvalue weighted by molar-refractivity contribution is -0.146. The number of carbonyl (C=O) groups is 3. The van der Waals surface area contributed by atoms with Crippen LogP contribution < -0.4 is 0 Å². The third-order valence-electron chi connectivity index (χ3n) is 3.58. The van der Waals surface area contributed by atoms with E-state index >= 15 is 0 Å². The molecule has 24 heavy (non-hydrogen) atoms. The molecule has 1 aromatic carbocycles. The molecule has 0 heterocycles. The predicted octanol–water partition coefficient (Wildman–Crippen LogP) is 2.99. The first kappa shape index (κ1) is 17.5. The van der Waals surface area contributed by atoms with Gasteiger partial charge in [0, 0.05) is 18.9 Å². The fraction of sp³-hybridized carbons (Fsp3) is 0.278. The Morgan fingerprint density at radius 1 is 1.12 bits per heavy atom. The first-order valence-electron chi connectivity index (χ1n) is 7.38. The number of hydrogen-bond donors (Lipinski definition) is 2. The zero-order valence-corrected chi connectivity index (χ0v) is 13.6. The molecule has 0 saturated heterocycles. The van der Waals surface area contributed by atoms with Gasteiger partial charge in [0.1, 0.15) is 17.6 Å². The molecule has 1 aliphatic carbocycles. The Hall–Kier alpha value is -2.89. The van der Waals surface area contributed by atoms with Crippen LogP contribution in [-0.2, 0) is 9.53 Å². The molecule has 0 fully saturated rings. The number of aromatic hydroxyl groups is 2. The minimum absolute atomic E-state index is 0.0791. The van der Waals surface area contributed by atoms with Crippen LogP contribution in [0, 0.1) is 0 Å². The number of phenolic OH excluding ortho intramolecular Hbond substituents is 2. The van der Waals surface area contributed by atoms with E-state index in [1.54, 1.807) is 6.08 Å². The molecular weight excluding hydrogens is 312 g/mol. The van der Waals surface area contributed by atoms with Crippen LogP contribution in [0.1, 0.15) is 59.6 Å². The number of fused-ring (bicyclic) bond motifs is 1.